The Labute approximate surface area is 100 Å². The number of benzene rings is 1. The molecule has 0 aliphatic heterocycles. The summed E-state index contributed by atoms with van der Waals surface area (Å²) in [5.74, 6) is 0.741. The van der Waals surface area contributed by atoms with Crippen molar-refractivity contribution in [3.8, 4) is 5.75 Å². The first-order valence-electron chi connectivity index (χ1n) is 6.23. The van der Waals surface area contributed by atoms with E-state index in [9.17, 15) is 9.90 Å². The highest BCUT2D eigenvalue weighted by Crippen LogP contribution is 2.34. The minimum absolute atomic E-state index is 0.172. The molecular weight excluding hydrogens is 216 g/mol. The van der Waals surface area contributed by atoms with Crippen molar-refractivity contribution in [1.82, 2.24) is 0 Å². The average molecular weight is 232 g/mol. The molecule has 0 heterocycles. The largest absolute Gasteiger partial charge is 0.490 e. The summed E-state index contributed by atoms with van der Waals surface area (Å²) in [7, 11) is 0. The van der Waals surface area contributed by atoms with Crippen LogP contribution in [0.1, 0.15) is 36.0 Å². The van der Waals surface area contributed by atoms with Crippen LogP contribution in [0.15, 0.2) is 24.3 Å². The minimum atomic E-state index is -0.828. The topological polar surface area (TPSA) is 46.5 Å². The monoisotopic (exact) mass is 232 g/mol. The van der Waals surface area contributed by atoms with Crippen molar-refractivity contribution in [3.63, 3.8) is 0 Å². The summed E-state index contributed by atoms with van der Waals surface area (Å²) in [5, 5.41) is 9.81. The molecule has 17 heavy (non-hydrogen) atoms. The Kier molecular flexibility index (Phi) is 2.63. The zero-order valence-electron chi connectivity index (χ0n) is 9.63. The second-order valence-corrected chi connectivity index (χ2v) is 4.99. The van der Waals surface area contributed by atoms with E-state index in [2.05, 4.69) is 0 Å². The molecule has 2 saturated carbocycles. The molecule has 2 aliphatic rings. The summed E-state index contributed by atoms with van der Waals surface area (Å²) in [6, 6.07) is 7.16. The van der Waals surface area contributed by atoms with E-state index in [1.54, 1.807) is 12.1 Å². The van der Waals surface area contributed by atoms with Crippen LogP contribution in [-0.2, 0) is 0 Å². The third kappa shape index (κ3) is 2.50. The van der Waals surface area contributed by atoms with Crippen LogP contribution in [0.25, 0.3) is 0 Å². The lowest BCUT2D eigenvalue weighted by atomic mass is 10.0. The molecule has 90 valence electrons. The fraction of sp³-hybridized carbons (Fsp3) is 0.500. The quantitative estimate of drug-likeness (QED) is 0.791. The number of Topliss-reactive ketones (excluding diaryl/α,β-unsaturated/α-hetero) is 1. The highest BCUT2D eigenvalue weighted by molar-refractivity contribution is 6.00. The lowest BCUT2D eigenvalue weighted by Gasteiger charge is -2.10. The van der Waals surface area contributed by atoms with Gasteiger partial charge in [0.25, 0.3) is 0 Å². The highest BCUT2D eigenvalue weighted by Gasteiger charge is 2.35. The van der Waals surface area contributed by atoms with Gasteiger partial charge in [-0.15, -0.1) is 0 Å². The molecule has 1 aromatic carbocycles. The molecule has 0 amide bonds. The van der Waals surface area contributed by atoms with Gasteiger partial charge in [-0.05, 0) is 43.7 Å². The van der Waals surface area contributed by atoms with Crippen LogP contribution in [0.5, 0.6) is 5.75 Å². The maximum atomic E-state index is 12.0. The predicted molar refractivity (Wildman–Crippen MR) is 63.2 cm³/mol. The molecule has 0 saturated heterocycles. The van der Waals surface area contributed by atoms with Gasteiger partial charge in [0, 0.05) is 5.56 Å². The van der Waals surface area contributed by atoms with Gasteiger partial charge in [0.1, 0.15) is 11.9 Å². The van der Waals surface area contributed by atoms with E-state index in [1.165, 1.54) is 0 Å². The van der Waals surface area contributed by atoms with E-state index < -0.39 is 6.10 Å². The molecule has 3 heteroatoms. The molecular formula is C14H16O3. The Hall–Kier alpha value is -1.35. The zero-order valence-corrected chi connectivity index (χ0v) is 9.63. The van der Waals surface area contributed by atoms with E-state index >= 15 is 0 Å². The van der Waals surface area contributed by atoms with Crippen molar-refractivity contribution >= 4 is 5.78 Å². The summed E-state index contributed by atoms with van der Waals surface area (Å²) >= 11 is 0. The van der Waals surface area contributed by atoms with Gasteiger partial charge in [-0.1, -0.05) is 12.1 Å². The van der Waals surface area contributed by atoms with Crippen molar-refractivity contribution in [2.24, 2.45) is 5.92 Å². The molecule has 1 atom stereocenters. The molecule has 2 aliphatic carbocycles. The molecule has 0 bridgehead atoms. The molecule has 1 N–H and O–H groups in total. The van der Waals surface area contributed by atoms with E-state index in [4.69, 9.17) is 4.74 Å². The highest BCUT2D eigenvalue weighted by atomic mass is 16.5. The van der Waals surface area contributed by atoms with Gasteiger partial charge in [-0.25, -0.2) is 0 Å². The van der Waals surface area contributed by atoms with E-state index in [0.717, 1.165) is 31.4 Å². The maximum Gasteiger partial charge on any atom is 0.191 e. The van der Waals surface area contributed by atoms with Gasteiger partial charge >= 0.3 is 0 Å². The normalized spacial score (nSPS) is 21.0. The van der Waals surface area contributed by atoms with E-state index in [-0.39, 0.29) is 11.7 Å². The Bertz CT molecular complexity index is 433. The number of aliphatic hydroxyl groups is 1. The average Bonchev–Trinajstić information content (AvgIpc) is 3.19. The van der Waals surface area contributed by atoms with Crippen LogP contribution in [0, 0.1) is 5.92 Å². The predicted octanol–water partition coefficient (Wildman–Crippen LogP) is 2.18. The van der Waals surface area contributed by atoms with Crippen LogP contribution in [0.3, 0.4) is 0 Å². The lowest BCUT2D eigenvalue weighted by Crippen LogP contribution is -2.22. The number of aliphatic hydroxyl groups excluding tert-OH is 1. The van der Waals surface area contributed by atoms with Gasteiger partial charge in [0.2, 0.25) is 0 Å². The van der Waals surface area contributed by atoms with Crippen LogP contribution in [0.2, 0.25) is 0 Å². The number of ether oxygens (including phenoxy) is 1. The molecule has 3 rings (SSSR count). The van der Waals surface area contributed by atoms with Gasteiger partial charge in [0.05, 0.1) is 6.10 Å². The summed E-state index contributed by atoms with van der Waals surface area (Å²) < 4.78 is 5.64. The molecule has 1 unspecified atom stereocenters. The van der Waals surface area contributed by atoms with Crippen LogP contribution in [-0.4, -0.2) is 23.1 Å². The molecule has 3 nitrogen and oxygen atoms in total. The minimum Gasteiger partial charge on any atom is -0.490 e. The Morgan fingerprint density at radius 3 is 2.71 bits per heavy atom. The third-order valence-corrected chi connectivity index (χ3v) is 3.28. The van der Waals surface area contributed by atoms with Gasteiger partial charge < -0.3 is 9.84 Å². The van der Waals surface area contributed by atoms with Crippen molar-refractivity contribution in [3.05, 3.63) is 29.8 Å². The number of rotatable bonds is 5. The molecule has 1 aromatic rings. The first-order valence-corrected chi connectivity index (χ1v) is 6.23. The van der Waals surface area contributed by atoms with Crippen LogP contribution >= 0.6 is 0 Å². The Balaban J connectivity index is 1.74. The lowest BCUT2D eigenvalue weighted by molar-refractivity contribution is 0.0703. The summed E-state index contributed by atoms with van der Waals surface area (Å²) in [4.78, 5) is 12.0. The number of ketones is 1. The van der Waals surface area contributed by atoms with Crippen molar-refractivity contribution < 1.29 is 14.6 Å². The van der Waals surface area contributed by atoms with Crippen LogP contribution < -0.4 is 4.74 Å². The first-order chi connectivity index (χ1) is 8.24. The Morgan fingerprint density at radius 2 is 2.06 bits per heavy atom. The van der Waals surface area contributed by atoms with E-state index in [0.29, 0.717) is 11.7 Å². The summed E-state index contributed by atoms with van der Waals surface area (Å²) in [6.07, 6.45) is 3.63. The van der Waals surface area contributed by atoms with E-state index in [1.807, 2.05) is 12.1 Å². The molecule has 0 aromatic heterocycles. The van der Waals surface area contributed by atoms with Crippen molar-refractivity contribution in [1.29, 1.82) is 0 Å². The van der Waals surface area contributed by atoms with Gasteiger partial charge in [-0.3, -0.25) is 4.79 Å². The van der Waals surface area contributed by atoms with Crippen LogP contribution in [0.4, 0.5) is 0 Å². The first kappa shape index (κ1) is 10.8. The number of hydrogen-bond acceptors (Lipinski definition) is 3. The fourth-order valence-corrected chi connectivity index (χ4v) is 1.90. The second-order valence-electron chi connectivity index (χ2n) is 4.99. The van der Waals surface area contributed by atoms with Gasteiger partial charge in [-0.2, -0.15) is 0 Å². The standard InChI is InChI=1S/C14H16O3/c15-13(9-4-5-9)14(16)10-2-1-3-12(8-10)17-11-6-7-11/h1-3,8-9,11,13,15H,4-7H2. The molecule has 0 radical (unpaired) electrons. The number of carbonyl (C=O) groups is 1. The summed E-state index contributed by atoms with van der Waals surface area (Å²) in [5.41, 5.74) is 0.558. The summed E-state index contributed by atoms with van der Waals surface area (Å²) in [6.45, 7) is 0. The third-order valence-electron chi connectivity index (χ3n) is 3.28. The fourth-order valence-electron chi connectivity index (χ4n) is 1.90. The SMILES string of the molecule is O=C(c1cccc(OC2CC2)c1)C(O)C1CC1. The zero-order chi connectivity index (χ0) is 11.8. The van der Waals surface area contributed by atoms with Crippen molar-refractivity contribution in [2.45, 2.75) is 37.9 Å². The smallest absolute Gasteiger partial charge is 0.191 e. The molecule has 2 fully saturated rings. The molecule has 0 spiro atoms. The van der Waals surface area contributed by atoms with Gasteiger partial charge in [0.15, 0.2) is 5.78 Å². The maximum absolute atomic E-state index is 12.0. The number of hydrogen-bond donors (Lipinski definition) is 1. The Morgan fingerprint density at radius 1 is 1.29 bits per heavy atom. The van der Waals surface area contributed by atoms with Crippen molar-refractivity contribution in [2.75, 3.05) is 0 Å². The second kappa shape index (κ2) is 4.15. The number of carbonyl (C=O) groups excluding carboxylic acids is 1.